The lowest BCUT2D eigenvalue weighted by molar-refractivity contribution is -0.384. The number of nitro benzene ring substituents is 1. The van der Waals surface area contributed by atoms with Crippen molar-refractivity contribution in [3.63, 3.8) is 0 Å². The standard InChI is InChI=1S/C17H12N2O8/c1-25-17(22)15-8-12(18-27-15)16-13(21)6-10(20)7-14(16)26-11-4-2-9(3-5-11)19(23)24/h2-8,20-21H,1H3. The first-order valence-electron chi connectivity index (χ1n) is 7.42. The summed E-state index contributed by atoms with van der Waals surface area (Å²) in [6.07, 6.45) is 0. The third-order valence-corrected chi connectivity index (χ3v) is 3.49. The van der Waals surface area contributed by atoms with Crippen molar-refractivity contribution in [2.45, 2.75) is 0 Å². The lowest BCUT2D eigenvalue weighted by atomic mass is 10.1. The van der Waals surface area contributed by atoms with E-state index >= 15 is 0 Å². The summed E-state index contributed by atoms with van der Waals surface area (Å²) >= 11 is 0. The van der Waals surface area contributed by atoms with Gasteiger partial charge in [-0.25, -0.2) is 4.79 Å². The fourth-order valence-corrected chi connectivity index (χ4v) is 2.28. The van der Waals surface area contributed by atoms with Gasteiger partial charge in [0.1, 0.15) is 28.7 Å². The van der Waals surface area contributed by atoms with Crippen molar-refractivity contribution in [2.24, 2.45) is 0 Å². The number of nitro groups is 1. The van der Waals surface area contributed by atoms with Gasteiger partial charge in [-0.1, -0.05) is 5.16 Å². The van der Waals surface area contributed by atoms with Crippen LogP contribution < -0.4 is 4.74 Å². The monoisotopic (exact) mass is 372 g/mol. The average Bonchev–Trinajstić information content (AvgIpc) is 3.10. The first kappa shape index (κ1) is 17.7. The van der Waals surface area contributed by atoms with Gasteiger partial charge in [-0.05, 0) is 12.1 Å². The van der Waals surface area contributed by atoms with Crippen LogP contribution in [-0.4, -0.2) is 33.4 Å². The van der Waals surface area contributed by atoms with E-state index in [4.69, 9.17) is 9.26 Å². The number of carbonyl (C=O) groups is 1. The van der Waals surface area contributed by atoms with Gasteiger partial charge in [-0.15, -0.1) is 0 Å². The number of hydrogen-bond donors (Lipinski definition) is 2. The Balaban J connectivity index is 2.01. The van der Waals surface area contributed by atoms with Gasteiger partial charge in [0.15, 0.2) is 0 Å². The number of rotatable bonds is 5. The maximum absolute atomic E-state index is 11.5. The van der Waals surface area contributed by atoms with Gasteiger partial charge in [0.25, 0.3) is 5.69 Å². The summed E-state index contributed by atoms with van der Waals surface area (Å²) in [5, 5.41) is 34.4. The normalized spacial score (nSPS) is 10.4. The second-order valence-electron chi connectivity index (χ2n) is 5.26. The number of aromatic hydroxyl groups is 2. The summed E-state index contributed by atoms with van der Waals surface area (Å²) in [6, 6.07) is 8.69. The Labute approximate surface area is 151 Å². The molecule has 27 heavy (non-hydrogen) atoms. The summed E-state index contributed by atoms with van der Waals surface area (Å²) in [5.41, 5.74) is -0.0181. The number of phenols is 2. The number of esters is 1. The number of phenolic OH excluding ortho intramolecular Hbond substituents is 2. The molecular weight excluding hydrogens is 360 g/mol. The largest absolute Gasteiger partial charge is 0.508 e. The van der Waals surface area contributed by atoms with E-state index in [9.17, 15) is 25.1 Å². The highest BCUT2D eigenvalue weighted by Gasteiger charge is 2.21. The fraction of sp³-hybridized carbons (Fsp3) is 0.0588. The molecule has 0 aliphatic heterocycles. The molecule has 0 saturated carbocycles. The topological polar surface area (TPSA) is 145 Å². The van der Waals surface area contributed by atoms with Crippen molar-refractivity contribution in [3.05, 3.63) is 58.3 Å². The van der Waals surface area contributed by atoms with Crippen molar-refractivity contribution in [3.8, 4) is 34.3 Å². The van der Waals surface area contributed by atoms with Gasteiger partial charge >= 0.3 is 5.97 Å². The van der Waals surface area contributed by atoms with Crippen LogP contribution in [0.15, 0.2) is 47.0 Å². The van der Waals surface area contributed by atoms with Crippen LogP contribution >= 0.6 is 0 Å². The van der Waals surface area contributed by atoms with Crippen LogP contribution in [0.5, 0.6) is 23.0 Å². The molecule has 1 heterocycles. The Hall–Kier alpha value is -4.08. The van der Waals surface area contributed by atoms with Crippen molar-refractivity contribution in [2.75, 3.05) is 7.11 Å². The van der Waals surface area contributed by atoms with Crippen LogP contribution in [0, 0.1) is 10.1 Å². The van der Waals surface area contributed by atoms with Crippen molar-refractivity contribution >= 4 is 11.7 Å². The molecule has 0 aliphatic carbocycles. The zero-order valence-electron chi connectivity index (χ0n) is 13.8. The molecule has 0 saturated heterocycles. The molecule has 0 fully saturated rings. The number of non-ortho nitro benzene ring substituents is 1. The number of nitrogens with zero attached hydrogens (tertiary/aromatic N) is 2. The molecule has 10 nitrogen and oxygen atoms in total. The van der Waals surface area contributed by atoms with Crippen LogP contribution in [0.25, 0.3) is 11.3 Å². The summed E-state index contributed by atoms with van der Waals surface area (Å²) in [5.74, 6) is -1.41. The minimum Gasteiger partial charge on any atom is -0.508 e. The number of aromatic nitrogens is 1. The van der Waals surface area contributed by atoms with Crippen molar-refractivity contribution < 1.29 is 33.9 Å². The zero-order valence-corrected chi connectivity index (χ0v) is 13.8. The van der Waals surface area contributed by atoms with Crippen LogP contribution in [0.1, 0.15) is 10.6 Å². The SMILES string of the molecule is COC(=O)c1cc(-c2c(O)cc(O)cc2Oc2ccc([N+](=O)[O-])cc2)no1. The number of benzene rings is 2. The minimum absolute atomic E-state index is 0.00827. The van der Waals surface area contributed by atoms with Gasteiger partial charge < -0.3 is 24.2 Å². The number of hydrogen-bond acceptors (Lipinski definition) is 9. The van der Waals surface area contributed by atoms with Crippen molar-refractivity contribution in [1.82, 2.24) is 5.16 Å². The molecular formula is C17H12N2O8. The predicted octanol–water partition coefficient (Wildman–Crippen LogP) is 3.24. The molecule has 3 rings (SSSR count). The Morgan fingerprint density at radius 2 is 1.89 bits per heavy atom. The van der Waals surface area contributed by atoms with E-state index in [0.29, 0.717) is 0 Å². The quantitative estimate of drug-likeness (QED) is 0.391. The second kappa shape index (κ2) is 7.04. The highest BCUT2D eigenvalue weighted by atomic mass is 16.6. The lowest BCUT2D eigenvalue weighted by Crippen LogP contribution is -1.98. The van der Waals surface area contributed by atoms with Crippen LogP contribution in [-0.2, 0) is 4.74 Å². The third-order valence-electron chi connectivity index (χ3n) is 3.49. The molecule has 0 atom stereocenters. The molecule has 3 aromatic rings. The van der Waals surface area contributed by atoms with Crippen LogP contribution in [0.3, 0.4) is 0 Å². The first-order valence-corrected chi connectivity index (χ1v) is 7.42. The zero-order chi connectivity index (χ0) is 19.6. The lowest BCUT2D eigenvalue weighted by Gasteiger charge is -2.11. The highest BCUT2D eigenvalue weighted by molar-refractivity contribution is 5.88. The van der Waals surface area contributed by atoms with E-state index in [2.05, 4.69) is 9.89 Å². The number of methoxy groups -OCH3 is 1. The minimum atomic E-state index is -0.759. The molecule has 0 amide bonds. The maximum Gasteiger partial charge on any atom is 0.376 e. The van der Waals surface area contributed by atoms with E-state index < -0.39 is 10.9 Å². The molecule has 0 aliphatic rings. The molecule has 0 spiro atoms. The summed E-state index contributed by atoms with van der Waals surface area (Å²) in [4.78, 5) is 21.7. The summed E-state index contributed by atoms with van der Waals surface area (Å²) in [6.45, 7) is 0. The molecule has 138 valence electrons. The van der Waals surface area contributed by atoms with E-state index in [-0.39, 0.29) is 45.7 Å². The van der Waals surface area contributed by atoms with Crippen LogP contribution in [0.2, 0.25) is 0 Å². The molecule has 0 radical (unpaired) electrons. The number of ether oxygens (including phenoxy) is 2. The van der Waals surface area contributed by atoms with Gasteiger partial charge in [0, 0.05) is 30.3 Å². The van der Waals surface area contributed by atoms with Gasteiger partial charge in [0.2, 0.25) is 5.76 Å². The van der Waals surface area contributed by atoms with Gasteiger partial charge in [-0.3, -0.25) is 10.1 Å². The molecule has 0 unspecified atom stereocenters. The Bertz CT molecular complexity index is 1010. The fourth-order valence-electron chi connectivity index (χ4n) is 2.28. The molecule has 2 N–H and O–H groups in total. The van der Waals surface area contributed by atoms with Crippen molar-refractivity contribution in [1.29, 1.82) is 0 Å². The molecule has 0 bridgehead atoms. The van der Waals surface area contributed by atoms with Gasteiger partial charge in [-0.2, -0.15) is 0 Å². The maximum atomic E-state index is 11.5. The van der Waals surface area contributed by atoms with Gasteiger partial charge in [0.05, 0.1) is 17.6 Å². The Kier molecular flexibility index (Phi) is 4.62. The molecule has 10 heteroatoms. The Morgan fingerprint density at radius 3 is 2.52 bits per heavy atom. The third kappa shape index (κ3) is 3.63. The predicted molar refractivity (Wildman–Crippen MR) is 89.8 cm³/mol. The highest BCUT2D eigenvalue weighted by Crippen LogP contribution is 2.42. The average molecular weight is 372 g/mol. The first-order chi connectivity index (χ1) is 12.9. The van der Waals surface area contributed by atoms with E-state index in [1.165, 1.54) is 43.5 Å². The van der Waals surface area contributed by atoms with Crippen LogP contribution in [0.4, 0.5) is 5.69 Å². The second-order valence-corrected chi connectivity index (χ2v) is 5.26. The van der Waals surface area contributed by atoms with E-state index in [0.717, 1.165) is 6.07 Å². The summed E-state index contributed by atoms with van der Waals surface area (Å²) in [7, 11) is 1.17. The van der Waals surface area contributed by atoms with E-state index in [1.54, 1.807) is 0 Å². The molecule has 1 aromatic heterocycles. The Morgan fingerprint density at radius 1 is 1.19 bits per heavy atom. The smallest absolute Gasteiger partial charge is 0.376 e. The van der Waals surface area contributed by atoms with E-state index in [1.807, 2.05) is 0 Å². The summed E-state index contributed by atoms with van der Waals surface area (Å²) < 4.78 is 15.0. The molecule has 2 aromatic carbocycles. The number of carbonyl (C=O) groups excluding carboxylic acids is 1.